The van der Waals surface area contributed by atoms with E-state index in [1.165, 1.54) is 18.2 Å². The number of benzene rings is 1. The smallest absolute Gasteiger partial charge is 0.373 e. The Kier molecular flexibility index (Phi) is 4.58. The Morgan fingerprint density at radius 1 is 1.35 bits per heavy atom. The molecule has 1 N–H and O–H groups in total. The van der Waals surface area contributed by atoms with Crippen molar-refractivity contribution in [2.75, 3.05) is 7.11 Å². The summed E-state index contributed by atoms with van der Waals surface area (Å²) < 4.78 is 10.0. The molecule has 2 rings (SSSR count). The largest absolute Gasteiger partial charge is 0.463 e. The molecule has 1 atom stereocenters. The summed E-state index contributed by atoms with van der Waals surface area (Å²) in [6, 6.07) is 12.0. The first kappa shape index (κ1) is 14.3. The molecule has 0 saturated carbocycles. The van der Waals surface area contributed by atoms with Crippen molar-refractivity contribution in [3.05, 3.63) is 59.0 Å². The first-order valence-electron chi connectivity index (χ1n) is 6.57. The highest BCUT2D eigenvalue weighted by atomic mass is 16.5. The Morgan fingerprint density at radius 2 is 2.15 bits per heavy atom. The first-order chi connectivity index (χ1) is 9.60. The highest BCUT2D eigenvalue weighted by molar-refractivity contribution is 5.86. The van der Waals surface area contributed by atoms with E-state index in [2.05, 4.69) is 42.1 Å². The van der Waals surface area contributed by atoms with Gasteiger partial charge in [-0.1, -0.05) is 29.8 Å². The van der Waals surface area contributed by atoms with Gasteiger partial charge >= 0.3 is 5.97 Å². The van der Waals surface area contributed by atoms with Crippen LogP contribution in [0.15, 0.2) is 40.8 Å². The van der Waals surface area contributed by atoms with Gasteiger partial charge in [0.15, 0.2) is 0 Å². The topological polar surface area (TPSA) is 51.5 Å². The standard InChI is InChI=1S/C16H19NO3/c1-11-5-4-6-13(9-11)12(2)17-10-14-7-8-15(20-14)16(18)19-3/h4-9,12,17H,10H2,1-3H3/t12-/m0/s1. The average molecular weight is 273 g/mol. The highest BCUT2D eigenvalue weighted by Gasteiger charge is 2.12. The van der Waals surface area contributed by atoms with Gasteiger partial charge in [0.05, 0.1) is 13.7 Å². The first-order valence-corrected chi connectivity index (χ1v) is 6.57. The second-order valence-electron chi connectivity index (χ2n) is 4.77. The zero-order valence-corrected chi connectivity index (χ0v) is 12.0. The number of esters is 1. The molecule has 1 aromatic carbocycles. The molecule has 0 fully saturated rings. The van der Waals surface area contributed by atoms with Crippen molar-refractivity contribution in [3.63, 3.8) is 0 Å². The Bertz CT molecular complexity index is 589. The fourth-order valence-electron chi connectivity index (χ4n) is 1.99. The third kappa shape index (κ3) is 3.48. The third-order valence-electron chi connectivity index (χ3n) is 3.17. The van der Waals surface area contributed by atoms with Crippen LogP contribution in [0.2, 0.25) is 0 Å². The normalized spacial score (nSPS) is 12.2. The number of methoxy groups -OCH3 is 1. The molecular weight excluding hydrogens is 254 g/mol. The van der Waals surface area contributed by atoms with Crippen LogP contribution in [0.25, 0.3) is 0 Å². The summed E-state index contributed by atoms with van der Waals surface area (Å²) in [4.78, 5) is 11.3. The van der Waals surface area contributed by atoms with Gasteiger partial charge in [0.1, 0.15) is 5.76 Å². The second-order valence-corrected chi connectivity index (χ2v) is 4.77. The van der Waals surface area contributed by atoms with Gasteiger partial charge in [-0.3, -0.25) is 0 Å². The molecule has 1 aromatic heterocycles. The number of hydrogen-bond acceptors (Lipinski definition) is 4. The van der Waals surface area contributed by atoms with Crippen LogP contribution in [0.3, 0.4) is 0 Å². The van der Waals surface area contributed by atoms with E-state index in [1.807, 2.05) is 6.07 Å². The van der Waals surface area contributed by atoms with Gasteiger partial charge in [0, 0.05) is 6.04 Å². The van der Waals surface area contributed by atoms with Gasteiger partial charge in [0.2, 0.25) is 5.76 Å². The minimum atomic E-state index is -0.456. The molecule has 0 unspecified atom stereocenters. The van der Waals surface area contributed by atoms with Crippen LogP contribution in [-0.4, -0.2) is 13.1 Å². The van der Waals surface area contributed by atoms with Crippen LogP contribution >= 0.6 is 0 Å². The average Bonchev–Trinajstić information content (AvgIpc) is 2.92. The van der Waals surface area contributed by atoms with E-state index in [-0.39, 0.29) is 11.8 Å². The minimum absolute atomic E-state index is 0.210. The lowest BCUT2D eigenvalue weighted by Crippen LogP contribution is -2.17. The lowest BCUT2D eigenvalue weighted by atomic mass is 10.1. The Hall–Kier alpha value is -2.07. The number of hydrogen-bond donors (Lipinski definition) is 1. The number of ether oxygens (including phenoxy) is 1. The third-order valence-corrected chi connectivity index (χ3v) is 3.17. The molecule has 20 heavy (non-hydrogen) atoms. The van der Waals surface area contributed by atoms with E-state index in [1.54, 1.807) is 12.1 Å². The van der Waals surface area contributed by atoms with Crippen LogP contribution in [0.4, 0.5) is 0 Å². The zero-order chi connectivity index (χ0) is 14.5. The van der Waals surface area contributed by atoms with Gasteiger partial charge in [-0.15, -0.1) is 0 Å². The van der Waals surface area contributed by atoms with Gasteiger partial charge < -0.3 is 14.5 Å². The number of carbonyl (C=O) groups excluding carboxylic acids is 1. The Morgan fingerprint density at radius 3 is 2.85 bits per heavy atom. The van der Waals surface area contributed by atoms with Crippen molar-refractivity contribution in [1.29, 1.82) is 0 Å². The van der Waals surface area contributed by atoms with E-state index in [0.29, 0.717) is 12.3 Å². The molecule has 0 amide bonds. The SMILES string of the molecule is COC(=O)c1ccc(CN[C@@H](C)c2cccc(C)c2)o1. The van der Waals surface area contributed by atoms with Crippen molar-refractivity contribution >= 4 is 5.97 Å². The predicted molar refractivity (Wildman–Crippen MR) is 76.5 cm³/mol. The van der Waals surface area contributed by atoms with E-state index < -0.39 is 5.97 Å². The molecule has 0 bridgehead atoms. The summed E-state index contributed by atoms with van der Waals surface area (Å²) in [5.74, 6) is 0.486. The molecule has 1 heterocycles. The van der Waals surface area contributed by atoms with E-state index in [0.717, 1.165) is 0 Å². The summed E-state index contributed by atoms with van der Waals surface area (Å²) in [5, 5.41) is 3.37. The van der Waals surface area contributed by atoms with Crippen LogP contribution in [0.1, 0.15) is 40.4 Å². The fraction of sp³-hybridized carbons (Fsp3) is 0.312. The van der Waals surface area contributed by atoms with Crippen molar-refractivity contribution in [2.24, 2.45) is 0 Å². The van der Waals surface area contributed by atoms with Crippen molar-refractivity contribution in [3.8, 4) is 0 Å². The van der Waals surface area contributed by atoms with Gasteiger partial charge in [-0.2, -0.15) is 0 Å². The highest BCUT2D eigenvalue weighted by Crippen LogP contribution is 2.15. The zero-order valence-electron chi connectivity index (χ0n) is 12.0. The summed E-state index contributed by atoms with van der Waals surface area (Å²) in [5.41, 5.74) is 2.46. The van der Waals surface area contributed by atoms with Crippen LogP contribution in [-0.2, 0) is 11.3 Å². The molecule has 106 valence electrons. The summed E-state index contributed by atoms with van der Waals surface area (Å²) in [7, 11) is 1.34. The number of rotatable bonds is 5. The Labute approximate surface area is 118 Å². The quantitative estimate of drug-likeness (QED) is 0.850. The monoisotopic (exact) mass is 273 g/mol. The van der Waals surface area contributed by atoms with Crippen LogP contribution in [0.5, 0.6) is 0 Å². The molecule has 4 heteroatoms. The van der Waals surface area contributed by atoms with E-state index in [4.69, 9.17) is 4.42 Å². The van der Waals surface area contributed by atoms with Gasteiger partial charge in [-0.25, -0.2) is 4.79 Å². The molecule has 0 aliphatic carbocycles. The van der Waals surface area contributed by atoms with E-state index >= 15 is 0 Å². The van der Waals surface area contributed by atoms with Crippen LogP contribution in [0, 0.1) is 6.92 Å². The molecule has 0 saturated heterocycles. The summed E-state index contributed by atoms with van der Waals surface area (Å²) in [6.07, 6.45) is 0. The maximum atomic E-state index is 11.3. The molecular formula is C16H19NO3. The number of furan rings is 1. The fourth-order valence-corrected chi connectivity index (χ4v) is 1.99. The minimum Gasteiger partial charge on any atom is -0.463 e. The molecule has 0 aliphatic heterocycles. The van der Waals surface area contributed by atoms with Crippen molar-refractivity contribution in [1.82, 2.24) is 5.32 Å². The number of carbonyl (C=O) groups is 1. The number of aryl methyl sites for hydroxylation is 1. The maximum absolute atomic E-state index is 11.3. The second kappa shape index (κ2) is 6.39. The molecule has 4 nitrogen and oxygen atoms in total. The lowest BCUT2D eigenvalue weighted by Gasteiger charge is -2.13. The number of nitrogens with one attached hydrogen (secondary N) is 1. The van der Waals surface area contributed by atoms with E-state index in [9.17, 15) is 4.79 Å². The molecule has 0 aliphatic rings. The van der Waals surface area contributed by atoms with Crippen molar-refractivity contribution < 1.29 is 13.9 Å². The summed E-state index contributed by atoms with van der Waals surface area (Å²) >= 11 is 0. The van der Waals surface area contributed by atoms with Crippen molar-refractivity contribution in [2.45, 2.75) is 26.4 Å². The van der Waals surface area contributed by atoms with Gasteiger partial charge in [0.25, 0.3) is 0 Å². The maximum Gasteiger partial charge on any atom is 0.373 e. The Balaban J connectivity index is 1.95. The van der Waals surface area contributed by atoms with Crippen LogP contribution < -0.4 is 5.32 Å². The predicted octanol–water partition coefficient (Wildman–Crippen LogP) is 3.23. The molecule has 0 spiro atoms. The van der Waals surface area contributed by atoms with Gasteiger partial charge in [-0.05, 0) is 31.5 Å². The lowest BCUT2D eigenvalue weighted by molar-refractivity contribution is 0.0563. The molecule has 2 aromatic rings. The summed E-state index contributed by atoms with van der Waals surface area (Å²) in [6.45, 7) is 4.73. The molecule has 0 radical (unpaired) electrons.